The van der Waals surface area contributed by atoms with Crippen LogP contribution >= 0.6 is 22.9 Å². The smallest absolute Gasteiger partial charge is 0.261 e. The molecule has 2 aromatic heterocycles. The van der Waals surface area contributed by atoms with E-state index in [1.807, 2.05) is 60.0 Å². The SMILES string of the molecule is O=C(NCCCc1nc2ccccc2n1Cc1ccc(Cl)cc1)c1cccs1. The Morgan fingerprint density at radius 1 is 1.07 bits per heavy atom. The molecule has 1 amide bonds. The second-order valence-electron chi connectivity index (χ2n) is 6.57. The van der Waals surface area contributed by atoms with Gasteiger partial charge in [-0.2, -0.15) is 0 Å². The van der Waals surface area contributed by atoms with Crippen molar-refractivity contribution in [2.75, 3.05) is 6.54 Å². The van der Waals surface area contributed by atoms with Crippen LogP contribution in [0.5, 0.6) is 0 Å². The molecule has 4 aromatic rings. The van der Waals surface area contributed by atoms with Gasteiger partial charge in [-0.1, -0.05) is 41.9 Å². The Bertz CT molecular complexity index is 1070. The number of aryl methyl sites for hydroxylation is 1. The first-order valence-corrected chi connectivity index (χ1v) is 10.5. The zero-order chi connectivity index (χ0) is 19.3. The lowest BCUT2D eigenvalue weighted by atomic mass is 10.2. The number of imidazole rings is 1. The molecular weight excluding hydrogens is 390 g/mol. The number of nitrogens with one attached hydrogen (secondary N) is 1. The molecule has 0 saturated carbocycles. The van der Waals surface area contributed by atoms with Gasteiger partial charge in [-0.3, -0.25) is 4.79 Å². The van der Waals surface area contributed by atoms with Crippen LogP contribution in [0.25, 0.3) is 11.0 Å². The summed E-state index contributed by atoms with van der Waals surface area (Å²) in [6.07, 6.45) is 1.63. The lowest BCUT2D eigenvalue weighted by Crippen LogP contribution is -2.24. The summed E-state index contributed by atoms with van der Waals surface area (Å²) in [5.74, 6) is 1.02. The molecular formula is C22H20ClN3OS. The Morgan fingerprint density at radius 2 is 1.89 bits per heavy atom. The van der Waals surface area contributed by atoms with Crippen molar-refractivity contribution in [2.45, 2.75) is 19.4 Å². The number of para-hydroxylation sites is 2. The van der Waals surface area contributed by atoms with Crippen molar-refractivity contribution >= 4 is 39.9 Å². The summed E-state index contributed by atoms with van der Waals surface area (Å²) in [5.41, 5.74) is 3.30. The number of hydrogen-bond donors (Lipinski definition) is 1. The number of hydrogen-bond acceptors (Lipinski definition) is 3. The van der Waals surface area contributed by atoms with E-state index in [2.05, 4.69) is 16.0 Å². The summed E-state index contributed by atoms with van der Waals surface area (Å²) < 4.78 is 2.25. The number of aromatic nitrogens is 2. The van der Waals surface area contributed by atoms with Gasteiger partial charge < -0.3 is 9.88 Å². The molecule has 0 saturated heterocycles. The second kappa shape index (κ2) is 8.59. The van der Waals surface area contributed by atoms with Crippen LogP contribution < -0.4 is 5.32 Å². The largest absolute Gasteiger partial charge is 0.351 e. The minimum Gasteiger partial charge on any atom is -0.351 e. The van der Waals surface area contributed by atoms with Gasteiger partial charge in [0.1, 0.15) is 5.82 Å². The van der Waals surface area contributed by atoms with Crippen molar-refractivity contribution < 1.29 is 4.79 Å². The third-order valence-corrected chi connectivity index (χ3v) is 5.72. The fourth-order valence-electron chi connectivity index (χ4n) is 3.21. The molecule has 4 rings (SSSR count). The maximum atomic E-state index is 12.1. The summed E-state index contributed by atoms with van der Waals surface area (Å²) in [4.78, 5) is 17.6. The van der Waals surface area contributed by atoms with Crippen LogP contribution in [0.1, 0.15) is 27.5 Å². The summed E-state index contributed by atoms with van der Waals surface area (Å²) in [6, 6.07) is 19.8. The molecule has 0 unspecified atom stereocenters. The van der Waals surface area contributed by atoms with E-state index < -0.39 is 0 Å². The summed E-state index contributed by atoms with van der Waals surface area (Å²) >= 11 is 7.47. The summed E-state index contributed by atoms with van der Waals surface area (Å²) in [7, 11) is 0. The van der Waals surface area contributed by atoms with Crippen molar-refractivity contribution in [3.05, 3.63) is 87.3 Å². The van der Waals surface area contributed by atoms with Gasteiger partial charge in [-0.25, -0.2) is 4.98 Å². The third kappa shape index (κ3) is 4.26. The van der Waals surface area contributed by atoms with E-state index in [-0.39, 0.29) is 5.91 Å². The van der Waals surface area contributed by atoms with E-state index in [1.165, 1.54) is 16.9 Å². The van der Waals surface area contributed by atoms with Gasteiger partial charge in [0, 0.05) is 24.5 Å². The average molecular weight is 410 g/mol. The van der Waals surface area contributed by atoms with E-state index in [0.29, 0.717) is 6.54 Å². The summed E-state index contributed by atoms with van der Waals surface area (Å²) in [6.45, 7) is 1.37. The highest BCUT2D eigenvalue weighted by molar-refractivity contribution is 7.12. The maximum Gasteiger partial charge on any atom is 0.261 e. The number of benzene rings is 2. The lowest BCUT2D eigenvalue weighted by Gasteiger charge is -2.10. The highest BCUT2D eigenvalue weighted by Crippen LogP contribution is 2.20. The predicted octanol–water partition coefficient (Wildman–Crippen LogP) is 5.16. The van der Waals surface area contributed by atoms with Gasteiger partial charge in [-0.15, -0.1) is 11.3 Å². The molecule has 0 bridgehead atoms. The Balaban J connectivity index is 1.46. The van der Waals surface area contributed by atoms with Gasteiger partial charge in [-0.05, 0) is 47.7 Å². The van der Waals surface area contributed by atoms with Crippen molar-refractivity contribution in [3.63, 3.8) is 0 Å². The van der Waals surface area contributed by atoms with E-state index in [9.17, 15) is 4.79 Å². The topological polar surface area (TPSA) is 46.9 Å². The molecule has 0 aliphatic heterocycles. The molecule has 0 radical (unpaired) electrons. The fourth-order valence-corrected chi connectivity index (χ4v) is 3.97. The van der Waals surface area contributed by atoms with Crippen LogP contribution in [0, 0.1) is 0 Å². The zero-order valence-corrected chi connectivity index (χ0v) is 16.8. The predicted molar refractivity (Wildman–Crippen MR) is 115 cm³/mol. The van der Waals surface area contributed by atoms with Crippen LogP contribution in [0.15, 0.2) is 66.0 Å². The monoisotopic (exact) mass is 409 g/mol. The molecule has 1 N–H and O–H groups in total. The standard InChI is InChI=1S/C22H20ClN3OS/c23-17-11-9-16(10-12-17)15-26-19-6-2-1-5-18(19)25-21(26)8-3-13-24-22(27)20-7-4-14-28-20/h1-2,4-7,9-12,14H,3,8,13,15H2,(H,24,27). The van der Waals surface area contributed by atoms with E-state index in [4.69, 9.17) is 16.6 Å². The minimum absolute atomic E-state index is 0.00957. The molecule has 0 aliphatic carbocycles. The van der Waals surface area contributed by atoms with Crippen LogP contribution in [0.4, 0.5) is 0 Å². The molecule has 2 aromatic carbocycles. The van der Waals surface area contributed by atoms with E-state index in [1.54, 1.807) is 0 Å². The number of thiophene rings is 1. The first-order chi connectivity index (χ1) is 13.7. The molecule has 2 heterocycles. The van der Waals surface area contributed by atoms with Crippen molar-refractivity contribution in [2.24, 2.45) is 0 Å². The van der Waals surface area contributed by atoms with Crippen molar-refractivity contribution in [3.8, 4) is 0 Å². The summed E-state index contributed by atoms with van der Waals surface area (Å²) in [5, 5.41) is 5.63. The van der Waals surface area contributed by atoms with Crippen LogP contribution in [-0.2, 0) is 13.0 Å². The highest BCUT2D eigenvalue weighted by atomic mass is 35.5. The number of fused-ring (bicyclic) bond motifs is 1. The Kier molecular flexibility index (Phi) is 5.74. The lowest BCUT2D eigenvalue weighted by molar-refractivity contribution is 0.0957. The molecule has 0 atom stereocenters. The van der Waals surface area contributed by atoms with Crippen molar-refractivity contribution in [1.29, 1.82) is 0 Å². The van der Waals surface area contributed by atoms with Crippen molar-refractivity contribution in [1.82, 2.24) is 14.9 Å². The second-order valence-corrected chi connectivity index (χ2v) is 7.95. The minimum atomic E-state index is -0.00957. The average Bonchev–Trinajstić information content (AvgIpc) is 3.36. The van der Waals surface area contributed by atoms with Gasteiger partial charge in [0.2, 0.25) is 0 Å². The Labute approximate surface area is 172 Å². The third-order valence-electron chi connectivity index (χ3n) is 4.60. The number of carbonyl (C=O) groups excluding carboxylic acids is 1. The molecule has 4 nitrogen and oxygen atoms in total. The first kappa shape index (κ1) is 18.7. The quantitative estimate of drug-likeness (QED) is 0.428. The highest BCUT2D eigenvalue weighted by Gasteiger charge is 2.11. The maximum absolute atomic E-state index is 12.1. The molecule has 0 aliphatic rings. The molecule has 142 valence electrons. The number of nitrogens with zero attached hydrogens (tertiary/aromatic N) is 2. The fraction of sp³-hybridized carbons (Fsp3) is 0.182. The van der Waals surface area contributed by atoms with E-state index >= 15 is 0 Å². The normalized spacial score (nSPS) is 11.0. The number of halogens is 1. The Hall–Kier alpha value is -2.63. The van der Waals surface area contributed by atoms with Crippen LogP contribution in [0.3, 0.4) is 0 Å². The molecule has 0 spiro atoms. The van der Waals surface area contributed by atoms with Gasteiger partial charge in [0.05, 0.1) is 15.9 Å². The van der Waals surface area contributed by atoms with Gasteiger partial charge >= 0.3 is 0 Å². The number of rotatable bonds is 7. The van der Waals surface area contributed by atoms with Crippen LogP contribution in [0.2, 0.25) is 5.02 Å². The Morgan fingerprint density at radius 3 is 2.68 bits per heavy atom. The molecule has 0 fully saturated rings. The van der Waals surface area contributed by atoms with Gasteiger partial charge in [0.15, 0.2) is 0 Å². The van der Waals surface area contributed by atoms with Crippen LogP contribution in [-0.4, -0.2) is 22.0 Å². The number of carbonyl (C=O) groups is 1. The van der Waals surface area contributed by atoms with Gasteiger partial charge in [0.25, 0.3) is 5.91 Å². The number of amides is 1. The molecule has 28 heavy (non-hydrogen) atoms. The zero-order valence-electron chi connectivity index (χ0n) is 15.3. The molecule has 6 heteroatoms. The first-order valence-electron chi connectivity index (χ1n) is 9.21. The van der Waals surface area contributed by atoms with E-state index in [0.717, 1.165) is 46.1 Å².